The van der Waals surface area contributed by atoms with Crippen molar-refractivity contribution in [3.8, 4) is 5.75 Å². The van der Waals surface area contributed by atoms with Crippen molar-refractivity contribution < 1.29 is 14.3 Å². The minimum atomic E-state index is -0.299. The molecule has 0 amide bonds. The predicted molar refractivity (Wildman–Crippen MR) is 62.7 cm³/mol. The molecule has 0 aromatic heterocycles. The molecule has 1 aromatic carbocycles. The molecule has 3 heteroatoms. The molecule has 0 saturated carbocycles. The lowest BCUT2D eigenvalue weighted by Gasteiger charge is -2.04. The molecule has 0 unspecified atom stereocenters. The molecule has 86 valence electrons. The number of carbonyl (C=O) groups is 1. The van der Waals surface area contributed by atoms with Gasteiger partial charge in [0.25, 0.3) is 0 Å². The third kappa shape index (κ3) is 3.77. The number of ether oxygens (including phenoxy) is 2. The highest BCUT2D eigenvalue weighted by molar-refractivity contribution is 5.89. The van der Waals surface area contributed by atoms with E-state index in [0.717, 1.165) is 18.6 Å². The van der Waals surface area contributed by atoms with Gasteiger partial charge in [0.2, 0.25) is 0 Å². The second-order valence-electron chi connectivity index (χ2n) is 3.30. The predicted octanol–water partition coefficient (Wildman–Crippen LogP) is 2.82. The van der Waals surface area contributed by atoms with Gasteiger partial charge >= 0.3 is 5.97 Å². The van der Waals surface area contributed by atoms with Gasteiger partial charge in [-0.15, -0.1) is 6.58 Å². The first-order valence-electron chi connectivity index (χ1n) is 5.20. The summed E-state index contributed by atoms with van der Waals surface area (Å²) in [6.07, 6.45) is 3.47. The highest BCUT2D eigenvalue weighted by Gasteiger charge is 2.06. The number of benzene rings is 1. The third-order valence-electron chi connectivity index (χ3n) is 2.11. The Morgan fingerprint density at radius 1 is 1.38 bits per heavy atom. The van der Waals surface area contributed by atoms with Gasteiger partial charge in [-0.3, -0.25) is 0 Å². The quantitative estimate of drug-likeness (QED) is 0.420. The van der Waals surface area contributed by atoms with Crippen LogP contribution in [0.15, 0.2) is 36.9 Å². The number of hydrogen-bond donors (Lipinski definition) is 0. The van der Waals surface area contributed by atoms with Crippen molar-refractivity contribution in [3.63, 3.8) is 0 Å². The summed E-state index contributed by atoms with van der Waals surface area (Å²) in [5.74, 6) is 0.426. The van der Waals surface area contributed by atoms with Crippen LogP contribution >= 0.6 is 0 Å². The molecule has 0 N–H and O–H groups in total. The van der Waals surface area contributed by atoms with E-state index in [1.54, 1.807) is 37.5 Å². The first-order chi connectivity index (χ1) is 7.77. The Labute approximate surface area is 95.7 Å². The summed E-state index contributed by atoms with van der Waals surface area (Å²) in [7, 11) is 1.59. The van der Waals surface area contributed by atoms with Gasteiger partial charge in [0.05, 0.1) is 19.3 Å². The maximum atomic E-state index is 11.5. The molecule has 16 heavy (non-hydrogen) atoms. The van der Waals surface area contributed by atoms with Gasteiger partial charge in [-0.1, -0.05) is 6.08 Å². The number of rotatable bonds is 6. The van der Waals surface area contributed by atoms with Gasteiger partial charge in [-0.05, 0) is 37.1 Å². The SMILES string of the molecule is C=CCCCOC(=O)c1ccc(OC)cc1. The van der Waals surface area contributed by atoms with Crippen LogP contribution in [0.4, 0.5) is 0 Å². The second kappa shape index (κ2) is 6.67. The maximum Gasteiger partial charge on any atom is 0.338 e. The van der Waals surface area contributed by atoms with Gasteiger partial charge in [0, 0.05) is 0 Å². The molecule has 0 heterocycles. The summed E-state index contributed by atoms with van der Waals surface area (Å²) in [6, 6.07) is 6.85. The summed E-state index contributed by atoms with van der Waals surface area (Å²) >= 11 is 0. The average Bonchev–Trinajstić information content (AvgIpc) is 2.34. The summed E-state index contributed by atoms with van der Waals surface area (Å²) < 4.78 is 10.1. The fraction of sp³-hybridized carbons (Fsp3) is 0.308. The smallest absolute Gasteiger partial charge is 0.338 e. The number of unbranched alkanes of at least 4 members (excludes halogenated alkanes) is 1. The van der Waals surface area contributed by atoms with Crippen LogP contribution in [0.3, 0.4) is 0 Å². The fourth-order valence-electron chi connectivity index (χ4n) is 1.20. The highest BCUT2D eigenvalue weighted by Crippen LogP contribution is 2.12. The highest BCUT2D eigenvalue weighted by atomic mass is 16.5. The summed E-state index contributed by atoms with van der Waals surface area (Å²) in [4.78, 5) is 11.5. The summed E-state index contributed by atoms with van der Waals surface area (Å²) in [6.45, 7) is 4.03. The lowest BCUT2D eigenvalue weighted by Crippen LogP contribution is -2.06. The van der Waals surface area contributed by atoms with Crippen LogP contribution in [0, 0.1) is 0 Å². The van der Waals surface area contributed by atoms with Crippen molar-refractivity contribution in [2.24, 2.45) is 0 Å². The number of hydrogen-bond acceptors (Lipinski definition) is 3. The minimum absolute atomic E-state index is 0.299. The minimum Gasteiger partial charge on any atom is -0.497 e. The van der Waals surface area contributed by atoms with Crippen LogP contribution in [0.5, 0.6) is 5.75 Å². The van der Waals surface area contributed by atoms with Crippen molar-refractivity contribution in [1.82, 2.24) is 0 Å². The molecular formula is C13H16O3. The average molecular weight is 220 g/mol. The monoisotopic (exact) mass is 220 g/mol. The molecule has 0 fully saturated rings. The number of methoxy groups -OCH3 is 1. The Bertz CT molecular complexity index is 341. The molecule has 0 atom stereocenters. The zero-order chi connectivity index (χ0) is 11.8. The van der Waals surface area contributed by atoms with Crippen LogP contribution in [0.1, 0.15) is 23.2 Å². The van der Waals surface area contributed by atoms with Crippen molar-refractivity contribution in [2.45, 2.75) is 12.8 Å². The van der Waals surface area contributed by atoms with Gasteiger partial charge < -0.3 is 9.47 Å². The number of carbonyl (C=O) groups excluding carboxylic acids is 1. The van der Waals surface area contributed by atoms with Crippen LogP contribution in [-0.4, -0.2) is 19.7 Å². The van der Waals surface area contributed by atoms with Crippen LogP contribution < -0.4 is 4.74 Å². The van der Waals surface area contributed by atoms with Crippen molar-refractivity contribution >= 4 is 5.97 Å². The van der Waals surface area contributed by atoms with E-state index in [0.29, 0.717) is 12.2 Å². The van der Waals surface area contributed by atoms with E-state index in [2.05, 4.69) is 6.58 Å². The Hall–Kier alpha value is -1.77. The first kappa shape index (κ1) is 12.3. The summed E-state index contributed by atoms with van der Waals surface area (Å²) in [5, 5.41) is 0. The summed E-state index contributed by atoms with van der Waals surface area (Å²) in [5.41, 5.74) is 0.541. The van der Waals surface area contributed by atoms with Crippen LogP contribution in [0.2, 0.25) is 0 Å². The molecule has 0 spiro atoms. The fourth-order valence-corrected chi connectivity index (χ4v) is 1.20. The van der Waals surface area contributed by atoms with E-state index in [1.165, 1.54) is 0 Å². The van der Waals surface area contributed by atoms with Crippen LogP contribution in [-0.2, 0) is 4.74 Å². The van der Waals surface area contributed by atoms with E-state index in [4.69, 9.17) is 9.47 Å². The molecule has 0 bridgehead atoms. The molecule has 0 aliphatic heterocycles. The third-order valence-corrected chi connectivity index (χ3v) is 2.11. The van der Waals surface area contributed by atoms with E-state index < -0.39 is 0 Å². The molecule has 1 aromatic rings. The first-order valence-corrected chi connectivity index (χ1v) is 5.20. The molecule has 0 saturated heterocycles. The Kier molecular flexibility index (Phi) is 5.12. The van der Waals surface area contributed by atoms with E-state index in [-0.39, 0.29) is 5.97 Å². The van der Waals surface area contributed by atoms with E-state index in [9.17, 15) is 4.79 Å². The van der Waals surface area contributed by atoms with Crippen molar-refractivity contribution in [1.29, 1.82) is 0 Å². The topological polar surface area (TPSA) is 35.5 Å². The lowest BCUT2D eigenvalue weighted by molar-refractivity contribution is 0.0501. The lowest BCUT2D eigenvalue weighted by atomic mass is 10.2. The van der Waals surface area contributed by atoms with Crippen molar-refractivity contribution in [2.75, 3.05) is 13.7 Å². The molecule has 0 radical (unpaired) electrons. The van der Waals surface area contributed by atoms with Gasteiger partial charge in [-0.2, -0.15) is 0 Å². The van der Waals surface area contributed by atoms with Gasteiger partial charge in [0.15, 0.2) is 0 Å². The number of esters is 1. The Morgan fingerprint density at radius 2 is 2.06 bits per heavy atom. The largest absolute Gasteiger partial charge is 0.497 e. The maximum absolute atomic E-state index is 11.5. The van der Waals surface area contributed by atoms with Crippen molar-refractivity contribution in [3.05, 3.63) is 42.5 Å². The van der Waals surface area contributed by atoms with Gasteiger partial charge in [0.1, 0.15) is 5.75 Å². The molecule has 3 nitrogen and oxygen atoms in total. The molecular weight excluding hydrogens is 204 g/mol. The number of allylic oxidation sites excluding steroid dienone is 1. The van der Waals surface area contributed by atoms with Gasteiger partial charge in [-0.25, -0.2) is 4.79 Å². The Balaban J connectivity index is 2.43. The molecule has 0 aliphatic carbocycles. The zero-order valence-corrected chi connectivity index (χ0v) is 9.44. The normalized spacial score (nSPS) is 9.56. The van der Waals surface area contributed by atoms with Crippen LogP contribution in [0.25, 0.3) is 0 Å². The van der Waals surface area contributed by atoms with E-state index >= 15 is 0 Å². The molecule has 0 aliphatic rings. The molecule has 1 rings (SSSR count). The van der Waals surface area contributed by atoms with E-state index in [1.807, 2.05) is 0 Å². The second-order valence-corrected chi connectivity index (χ2v) is 3.30. The zero-order valence-electron chi connectivity index (χ0n) is 9.44. The Morgan fingerprint density at radius 3 is 2.62 bits per heavy atom. The standard InChI is InChI=1S/C13H16O3/c1-3-4-5-10-16-13(14)11-6-8-12(15-2)9-7-11/h3,6-9H,1,4-5,10H2,2H3.